The third-order valence-electron chi connectivity index (χ3n) is 4.27. The van der Waals surface area contributed by atoms with Gasteiger partial charge in [0, 0.05) is 12.5 Å². The highest BCUT2D eigenvalue weighted by molar-refractivity contribution is 5.81. The number of carbonyl (C=O) groups is 1. The van der Waals surface area contributed by atoms with E-state index < -0.39 is 0 Å². The average molecular weight is 238 g/mol. The van der Waals surface area contributed by atoms with Gasteiger partial charge in [0.25, 0.3) is 0 Å². The van der Waals surface area contributed by atoms with Crippen LogP contribution in [0.1, 0.15) is 39.5 Å². The fourth-order valence-corrected chi connectivity index (χ4v) is 2.62. The van der Waals surface area contributed by atoms with E-state index in [9.17, 15) is 4.79 Å². The van der Waals surface area contributed by atoms with E-state index in [4.69, 9.17) is 0 Å². The second-order valence-corrected chi connectivity index (χ2v) is 5.99. The molecule has 0 aromatic heterocycles. The number of piperidine rings is 1. The summed E-state index contributed by atoms with van der Waals surface area (Å²) >= 11 is 0. The molecule has 98 valence electrons. The average Bonchev–Trinajstić information content (AvgIpc) is 3.04. The summed E-state index contributed by atoms with van der Waals surface area (Å²) < 4.78 is 0. The van der Waals surface area contributed by atoms with Crippen molar-refractivity contribution in [2.75, 3.05) is 26.2 Å². The molecule has 1 aliphatic heterocycles. The molecule has 1 amide bonds. The molecule has 17 heavy (non-hydrogen) atoms. The lowest BCUT2D eigenvalue weighted by Gasteiger charge is -2.30. The normalized spacial score (nSPS) is 30.2. The highest BCUT2D eigenvalue weighted by Gasteiger charge is 2.38. The predicted octanol–water partition coefficient (Wildman–Crippen LogP) is 1.88. The minimum absolute atomic E-state index is 0.282. The molecule has 1 N–H and O–H groups in total. The SMILES string of the molecule is CC1CCN(CCCNC(=O)C2CC2C)CC1. The summed E-state index contributed by atoms with van der Waals surface area (Å²) in [6.07, 6.45) is 4.87. The van der Waals surface area contributed by atoms with Gasteiger partial charge in [-0.3, -0.25) is 4.79 Å². The van der Waals surface area contributed by atoms with Crippen molar-refractivity contribution in [2.45, 2.75) is 39.5 Å². The fourth-order valence-electron chi connectivity index (χ4n) is 2.62. The Labute approximate surface area is 105 Å². The highest BCUT2D eigenvalue weighted by Crippen LogP contribution is 2.37. The van der Waals surface area contributed by atoms with Gasteiger partial charge < -0.3 is 10.2 Å². The molecule has 0 bridgehead atoms. The first kappa shape index (κ1) is 12.9. The van der Waals surface area contributed by atoms with Crippen molar-refractivity contribution in [1.82, 2.24) is 10.2 Å². The standard InChI is InChI=1S/C14H26N2O/c1-11-4-8-16(9-5-11)7-3-6-15-14(17)13-10-12(13)2/h11-13H,3-10H2,1-2H3,(H,15,17). The van der Waals surface area contributed by atoms with Crippen molar-refractivity contribution in [3.63, 3.8) is 0 Å². The van der Waals surface area contributed by atoms with Crippen LogP contribution in [-0.2, 0) is 4.79 Å². The molecule has 1 heterocycles. The van der Waals surface area contributed by atoms with Crippen molar-refractivity contribution < 1.29 is 4.79 Å². The Balaban J connectivity index is 1.50. The maximum absolute atomic E-state index is 11.6. The molecule has 2 aliphatic rings. The van der Waals surface area contributed by atoms with Gasteiger partial charge in [0.1, 0.15) is 0 Å². The topological polar surface area (TPSA) is 32.3 Å². The molecule has 0 aromatic carbocycles. The number of hydrogen-bond acceptors (Lipinski definition) is 2. The van der Waals surface area contributed by atoms with Gasteiger partial charge in [0.05, 0.1) is 0 Å². The van der Waals surface area contributed by atoms with E-state index in [1.165, 1.54) is 25.9 Å². The summed E-state index contributed by atoms with van der Waals surface area (Å²) in [5.41, 5.74) is 0. The maximum Gasteiger partial charge on any atom is 0.223 e. The van der Waals surface area contributed by atoms with Crippen LogP contribution in [0.2, 0.25) is 0 Å². The second kappa shape index (κ2) is 5.85. The largest absolute Gasteiger partial charge is 0.356 e. The molecular weight excluding hydrogens is 212 g/mol. The molecule has 2 rings (SSSR count). The number of carbonyl (C=O) groups excluding carboxylic acids is 1. The lowest BCUT2D eigenvalue weighted by molar-refractivity contribution is -0.122. The summed E-state index contributed by atoms with van der Waals surface area (Å²) in [7, 11) is 0. The van der Waals surface area contributed by atoms with Gasteiger partial charge in [-0.15, -0.1) is 0 Å². The van der Waals surface area contributed by atoms with Crippen molar-refractivity contribution >= 4 is 5.91 Å². The van der Waals surface area contributed by atoms with Crippen molar-refractivity contribution in [2.24, 2.45) is 17.8 Å². The summed E-state index contributed by atoms with van der Waals surface area (Å²) in [5, 5.41) is 3.06. The first-order chi connectivity index (χ1) is 8.16. The zero-order valence-corrected chi connectivity index (χ0v) is 11.2. The third kappa shape index (κ3) is 3.98. The van der Waals surface area contributed by atoms with Crippen molar-refractivity contribution in [3.8, 4) is 0 Å². The van der Waals surface area contributed by atoms with Crippen molar-refractivity contribution in [3.05, 3.63) is 0 Å². The summed E-state index contributed by atoms with van der Waals surface area (Å²) in [6.45, 7) is 8.98. The molecule has 0 radical (unpaired) electrons. The zero-order chi connectivity index (χ0) is 12.3. The summed E-state index contributed by atoms with van der Waals surface area (Å²) in [6, 6.07) is 0. The van der Waals surface area contributed by atoms with Crippen LogP contribution in [0.3, 0.4) is 0 Å². The Morgan fingerprint density at radius 3 is 2.53 bits per heavy atom. The van der Waals surface area contributed by atoms with E-state index >= 15 is 0 Å². The lowest BCUT2D eigenvalue weighted by Crippen LogP contribution is -2.35. The molecule has 1 saturated carbocycles. The fraction of sp³-hybridized carbons (Fsp3) is 0.929. The number of likely N-dealkylation sites (tertiary alicyclic amines) is 1. The third-order valence-corrected chi connectivity index (χ3v) is 4.27. The van der Waals surface area contributed by atoms with Crippen LogP contribution in [0.5, 0.6) is 0 Å². The Morgan fingerprint density at radius 2 is 1.94 bits per heavy atom. The number of nitrogens with zero attached hydrogens (tertiary/aromatic N) is 1. The van der Waals surface area contributed by atoms with Gasteiger partial charge in [0.2, 0.25) is 5.91 Å². The van der Waals surface area contributed by atoms with Crippen LogP contribution < -0.4 is 5.32 Å². The first-order valence-electron chi connectivity index (χ1n) is 7.17. The van der Waals surface area contributed by atoms with E-state index in [-0.39, 0.29) is 5.91 Å². The molecule has 3 heteroatoms. The van der Waals surface area contributed by atoms with Crippen LogP contribution in [0, 0.1) is 17.8 Å². The van der Waals surface area contributed by atoms with Crippen LogP contribution >= 0.6 is 0 Å². The van der Waals surface area contributed by atoms with Gasteiger partial charge in [-0.2, -0.15) is 0 Å². The smallest absolute Gasteiger partial charge is 0.223 e. The number of rotatable bonds is 5. The van der Waals surface area contributed by atoms with E-state index in [1.807, 2.05) is 0 Å². The highest BCUT2D eigenvalue weighted by atomic mass is 16.2. The van der Waals surface area contributed by atoms with Crippen LogP contribution in [0.15, 0.2) is 0 Å². The van der Waals surface area contributed by atoms with Crippen LogP contribution in [0.4, 0.5) is 0 Å². The molecule has 3 nitrogen and oxygen atoms in total. The Hall–Kier alpha value is -0.570. The first-order valence-corrected chi connectivity index (χ1v) is 7.17. The van der Waals surface area contributed by atoms with E-state index in [0.29, 0.717) is 11.8 Å². The van der Waals surface area contributed by atoms with E-state index in [1.54, 1.807) is 0 Å². The lowest BCUT2D eigenvalue weighted by atomic mass is 9.99. The molecule has 0 spiro atoms. The van der Waals surface area contributed by atoms with Gasteiger partial charge in [-0.1, -0.05) is 13.8 Å². The summed E-state index contributed by atoms with van der Waals surface area (Å²) in [5.74, 6) is 2.14. The molecule has 2 fully saturated rings. The number of amides is 1. The molecule has 1 saturated heterocycles. The Morgan fingerprint density at radius 1 is 1.29 bits per heavy atom. The second-order valence-electron chi connectivity index (χ2n) is 5.99. The maximum atomic E-state index is 11.6. The Bertz CT molecular complexity index is 259. The molecule has 1 aliphatic carbocycles. The van der Waals surface area contributed by atoms with E-state index in [2.05, 4.69) is 24.1 Å². The monoisotopic (exact) mass is 238 g/mol. The Kier molecular flexibility index (Phi) is 4.43. The van der Waals surface area contributed by atoms with Gasteiger partial charge in [-0.05, 0) is 57.2 Å². The van der Waals surface area contributed by atoms with Gasteiger partial charge in [-0.25, -0.2) is 0 Å². The van der Waals surface area contributed by atoms with Gasteiger partial charge in [0.15, 0.2) is 0 Å². The predicted molar refractivity (Wildman–Crippen MR) is 69.7 cm³/mol. The van der Waals surface area contributed by atoms with Gasteiger partial charge >= 0.3 is 0 Å². The minimum Gasteiger partial charge on any atom is -0.356 e. The molecule has 0 aromatic rings. The zero-order valence-electron chi connectivity index (χ0n) is 11.2. The summed E-state index contributed by atoms with van der Waals surface area (Å²) in [4.78, 5) is 14.1. The quantitative estimate of drug-likeness (QED) is 0.742. The molecular formula is C14H26N2O. The molecule has 2 unspecified atom stereocenters. The number of nitrogens with one attached hydrogen (secondary N) is 1. The number of hydrogen-bond donors (Lipinski definition) is 1. The van der Waals surface area contributed by atoms with Crippen LogP contribution in [-0.4, -0.2) is 37.0 Å². The molecule has 2 atom stereocenters. The minimum atomic E-state index is 0.282. The van der Waals surface area contributed by atoms with Crippen LogP contribution in [0.25, 0.3) is 0 Å². The van der Waals surface area contributed by atoms with E-state index in [0.717, 1.165) is 31.8 Å². The van der Waals surface area contributed by atoms with Crippen molar-refractivity contribution in [1.29, 1.82) is 0 Å².